The highest BCUT2D eigenvalue weighted by atomic mass is 16.4. The van der Waals surface area contributed by atoms with Crippen LogP contribution in [0, 0.1) is 0 Å². The molecule has 4 unspecified atom stereocenters. The maximum Gasteiger partial charge on any atom is 0.326 e. The number of aromatic nitrogens is 3. The zero-order valence-corrected chi connectivity index (χ0v) is 29.5. The van der Waals surface area contributed by atoms with Crippen LogP contribution >= 0.6 is 0 Å². The van der Waals surface area contributed by atoms with Gasteiger partial charge in [0.1, 0.15) is 18.1 Å². The van der Waals surface area contributed by atoms with Crippen LogP contribution < -0.4 is 33.2 Å². The summed E-state index contributed by atoms with van der Waals surface area (Å²) in [5.41, 5.74) is 21.8. The largest absolute Gasteiger partial charge is 0.480 e. The Morgan fingerprint density at radius 1 is 0.611 bits per heavy atom. The molecule has 15 nitrogen and oxygen atoms in total. The van der Waals surface area contributed by atoms with Gasteiger partial charge in [0.15, 0.2) is 5.96 Å². The van der Waals surface area contributed by atoms with Crippen LogP contribution in [0.15, 0.2) is 96.4 Å². The summed E-state index contributed by atoms with van der Waals surface area (Å²) in [5, 5.41) is 21.1. The van der Waals surface area contributed by atoms with Crippen LogP contribution in [0.25, 0.3) is 32.7 Å². The molecule has 3 amide bonds. The van der Waals surface area contributed by atoms with Gasteiger partial charge in [-0.2, -0.15) is 0 Å². The van der Waals surface area contributed by atoms with E-state index in [9.17, 15) is 24.3 Å². The molecule has 3 aromatic heterocycles. The molecule has 3 heterocycles. The second-order valence-corrected chi connectivity index (χ2v) is 13.3. The standard InChI is InChI=1S/C39H44N10O5/c40-28(11-7-15-43-39(41)42)35(50)47-32(16-22-19-44-29-12-4-1-8-25(22)29)36(51)48-33(17-23-20-45-30-13-5-2-9-26(23)30)37(52)49-34(38(53)54)18-24-21-46-31-14-6-3-10-27(24)31/h1-6,8-10,12-14,19-21,28,32-34,44-46H,7,11,15-18,40H2,(H,47,50)(H,48,51)(H,49,52)(H,53,54)(H4,41,42,43). The first kappa shape index (κ1) is 37.2. The highest BCUT2D eigenvalue weighted by Gasteiger charge is 2.32. The number of carbonyl (C=O) groups is 4. The number of H-pyrrole nitrogens is 3. The number of aromatic amines is 3. The van der Waals surface area contributed by atoms with Gasteiger partial charge in [-0.25, -0.2) is 4.79 Å². The molecule has 0 aliphatic carbocycles. The van der Waals surface area contributed by atoms with Gasteiger partial charge in [0.25, 0.3) is 0 Å². The molecule has 0 saturated heterocycles. The van der Waals surface area contributed by atoms with E-state index in [1.54, 1.807) is 18.6 Å². The second kappa shape index (κ2) is 16.8. The molecule has 280 valence electrons. The Balaban J connectivity index is 1.26. The summed E-state index contributed by atoms with van der Waals surface area (Å²) < 4.78 is 0. The number of nitrogens with zero attached hydrogens (tertiary/aromatic N) is 1. The summed E-state index contributed by atoms with van der Waals surface area (Å²) in [6.45, 7) is 0.283. The number of benzene rings is 3. The lowest BCUT2D eigenvalue weighted by Gasteiger charge is -2.25. The predicted molar refractivity (Wildman–Crippen MR) is 207 cm³/mol. The minimum atomic E-state index is -1.31. The van der Waals surface area contributed by atoms with Crippen LogP contribution in [0.4, 0.5) is 0 Å². The molecule has 15 heteroatoms. The quantitative estimate of drug-likeness (QED) is 0.0376. The first-order chi connectivity index (χ1) is 26.1. The van der Waals surface area contributed by atoms with Gasteiger partial charge < -0.3 is 53.2 Å². The van der Waals surface area contributed by atoms with Gasteiger partial charge in [0.05, 0.1) is 6.04 Å². The number of hydrogen-bond acceptors (Lipinski definition) is 6. The fourth-order valence-corrected chi connectivity index (χ4v) is 6.65. The van der Waals surface area contributed by atoms with Crippen LogP contribution in [-0.4, -0.2) is 80.4 Å². The minimum absolute atomic E-state index is 0.000836. The second-order valence-electron chi connectivity index (χ2n) is 13.3. The van der Waals surface area contributed by atoms with Gasteiger partial charge in [-0.3, -0.25) is 19.4 Å². The summed E-state index contributed by atoms with van der Waals surface area (Å²) in [4.78, 5) is 67.8. The third kappa shape index (κ3) is 8.87. The maximum absolute atomic E-state index is 14.3. The van der Waals surface area contributed by atoms with Crippen molar-refractivity contribution in [3.63, 3.8) is 0 Å². The van der Waals surface area contributed by atoms with Crippen LogP contribution in [0.1, 0.15) is 29.5 Å². The molecule has 4 atom stereocenters. The zero-order chi connectivity index (χ0) is 38.2. The van der Waals surface area contributed by atoms with E-state index < -0.39 is 47.9 Å². The molecule has 6 rings (SSSR count). The molecule has 0 aliphatic heterocycles. The molecule has 0 fully saturated rings. The number of aliphatic carboxylic acids is 1. The van der Waals surface area contributed by atoms with Gasteiger partial charge in [-0.15, -0.1) is 0 Å². The highest BCUT2D eigenvalue weighted by molar-refractivity contribution is 5.96. The Hall–Kier alpha value is -6.61. The van der Waals surface area contributed by atoms with Gasteiger partial charge in [-0.1, -0.05) is 54.6 Å². The van der Waals surface area contributed by atoms with Crippen LogP contribution in [0.3, 0.4) is 0 Å². The van der Waals surface area contributed by atoms with Crippen molar-refractivity contribution in [2.75, 3.05) is 6.54 Å². The van der Waals surface area contributed by atoms with Gasteiger partial charge >= 0.3 is 5.97 Å². The lowest BCUT2D eigenvalue weighted by atomic mass is 10.00. The normalized spacial score (nSPS) is 13.6. The first-order valence-corrected chi connectivity index (χ1v) is 17.7. The lowest BCUT2D eigenvalue weighted by Crippen LogP contribution is -2.58. The lowest BCUT2D eigenvalue weighted by molar-refractivity contribution is -0.142. The number of nitrogens with two attached hydrogens (primary N) is 3. The Morgan fingerprint density at radius 3 is 1.43 bits per heavy atom. The van der Waals surface area contributed by atoms with Gasteiger partial charge in [-0.05, 0) is 47.7 Å². The van der Waals surface area contributed by atoms with Crippen LogP contribution in [0.2, 0.25) is 0 Å². The number of hydrogen-bond donors (Lipinski definition) is 10. The Kier molecular flexibility index (Phi) is 11.6. The number of guanidine groups is 1. The number of carboxylic acids is 1. The molecule has 0 radical (unpaired) electrons. The molecule has 6 aromatic rings. The summed E-state index contributed by atoms with van der Waals surface area (Å²) in [6, 6.07) is 17.9. The molecule has 0 bridgehead atoms. The minimum Gasteiger partial charge on any atom is -0.480 e. The van der Waals surface area contributed by atoms with E-state index in [1.807, 2.05) is 72.8 Å². The van der Waals surface area contributed by atoms with Crippen molar-refractivity contribution >= 4 is 62.4 Å². The topological polar surface area (TPSA) is 262 Å². The molecular formula is C39H44N10O5. The van der Waals surface area contributed by atoms with E-state index in [0.29, 0.717) is 12.0 Å². The van der Waals surface area contributed by atoms with Crippen molar-refractivity contribution in [1.82, 2.24) is 30.9 Å². The van der Waals surface area contributed by atoms with Crippen molar-refractivity contribution in [1.29, 1.82) is 0 Å². The number of para-hydroxylation sites is 3. The third-order valence-corrected chi connectivity index (χ3v) is 9.48. The van der Waals surface area contributed by atoms with Crippen LogP contribution in [0.5, 0.6) is 0 Å². The number of amides is 3. The summed E-state index contributed by atoms with van der Waals surface area (Å²) >= 11 is 0. The molecule has 0 spiro atoms. The predicted octanol–water partition coefficient (Wildman–Crippen LogP) is 2.08. The van der Waals surface area contributed by atoms with E-state index in [4.69, 9.17) is 17.2 Å². The molecule has 13 N–H and O–H groups in total. The van der Waals surface area contributed by atoms with Gasteiger partial charge in [0, 0.05) is 77.1 Å². The fraction of sp³-hybridized carbons (Fsp3) is 0.256. The number of aliphatic imine (C=N–C) groups is 1. The van der Waals surface area contributed by atoms with Crippen molar-refractivity contribution in [2.45, 2.75) is 56.3 Å². The Labute approximate surface area is 310 Å². The molecule has 3 aromatic carbocycles. The van der Waals surface area contributed by atoms with E-state index in [-0.39, 0.29) is 38.2 Å². The van der Waals surface area contributed by atoms with E-state index in [2.05, 4.69) is 35.9 Å². The van der Waals surface area contributed by atoms with Gasteiger partial charge in [0.2, 0.25) is 17.7 Å². The number of rotatable bonds is 17. The van der Waals surface area contributed by atoms with E-state index in [0.717, 1.165) is 43.8 Å². The highest BCUT2D eigenvalue weighted by Crippen LogP contribution is 2.22. The third-order valence-electron chi connectivity index (χ3n) is 9.48. The Morgan fingerprint density at radius 2 is 1.00 bits per heavy atom. The maximum atomic E-state index is 14.3. The molecule has 0 saturated carbocycles. The van der Waals surface area contributed by atoms with Crippen molar-refractivity contribution in [3.05, 3.63) is 108 Å². The first-order valence-electron chi connectivity index (χ1n) is 17.7. The number of carbonyl (C=O) groups excluding carboxylic acids is 3. The SMILES string of the molecule is NC(N)=NCCCC(N)C(=O)NC(Cc1c[nH]c2ccccc12)C(=O)NC(Cc1c[nH]c2ccccc12)C(=O)NC(Cc1c[nH]c2ccccc12)C(=O)O. The summed E-state index contributed by atoms with van der Waals surface area (Å²) in [6.07, 6.45) is 6.03. The van der Waals surface area contributed by atoms with Crippen molar-refractivity contribution in [2.24, 2.45) is 22.2 Å². The number of nitrogens with one attached hydrogen (secondary N) is 6. The molecule has 54 heavy (non-hydrogen) atoms. The number of fused-ring (bicyclic) bond motifs is 3. The monoisotopic (exact) mass is 732 g/mol. The summed E-state index contributed by atoms with van der Waals surface area (Å²) in [5.74, 6) is -3.22. The smallest absolute Gasteiger partial charge is 0.326 e. The number of carboxylic acid groups (broad SMARTS) is 1. The fourth-order valence-electron chi connectivity index (χ4n) is 6.65. The van der Waals surface area contributed by atoms with Crippen molar-refractivity contribution < 1.29 is 24.3 Å². The molecular weight excluding hydrogens is 688 g/mol. The Bertz CT molecular complexity index is 2300. The molecule has 0 aliphatic rings. The average Bonchev–Trinajstić information content (AvgIpc) is 3.89. The van der Waals surface area contributed by atoms with E-state index >= 15 is 0 Å². The zero-order valence-electron chi connectivity index (χ0n) is 29.5. The van der Waals surface area contributed by atoms with E-state index in [1.165, 1.54) is 0 Å². The summed E-state index contributed by atoms with van der Waals surface area (Å²) in [7, 11) is 0. The van der Waals surface area contributed by atoms with Crippen LogP contribution in [-0.2, 0) is 38.4 Å². The average molecular weight is 733 g/mol. The van der Waals surface area contributed by atoms with Crippen molar-refractivity contribution in [3.8, 4) is 0 Å².